The fourth-order valence-corrected chi connectivity index (χ4v) is 4.32. The minimum Gasteiger partial charge on any atom is -0.318 e. The number of benzene rings is 2. The third kappa shape index (κ3) is 3.81. The molecule has 2 heterocycles. The summed E-state index contributed by atoms with van der Waals surface area (Å²) in [4.78, 5) is 39.2. The fraction of sp³-hybridized carbons (Fsp3) is 0.125. The number of nitrogens with one attached hydrogen (secondary N) is 1. The SMILES string of the molecule is Cc1ccccc1N1C(=O)NC(=O)/C(=C\c2cc(C)n(-c3cccc(I)c3)c2C)C1=O. The van der Waals surface area contributed by atoms with Crippen LogP contribution in [0, 0.1) is 24.3 Å². The molecule has 156 valence electrons. The molecule has 7 heteroatoms. The van der Waals surface area contributed by atoms with Gasteiger partial charge >= 0.3 is 6.03 Å². The summed E-state index contributed by atoms with van der Waals surface area (Å²) < 4.78 is 3.18. The van der Waals surface area contributed by atoms with Crippen molar-refractivity contribution in [2.24, 2.45) is 0 Å². The summed E-state index contributed by atoms with van der Waals surface area (Å²) in [5.74, 6) is -1.33. The quantitative estimate of drug-likeness (QED) is 0.307. The predicted octanol–water partition coefficient (Wildman–Crippen LogP) is 4.67. The van der Waals surface area contributed by atoms with Crippen molar-refractivity contribution in [2.45, 2.75) is 20.8 Å². The number of urea groups is 1. The summed E-state index contributed by atoms with van der Waals surface area (Å²) in [6.07, 6.45) is 1.56. The van der Waals surface area contributed by atoms with Crippen LogP contribution in [0.25, 0.3) is 11.8 Å². The normalized spacial score (nSPS) is 15.5. The molecule has 0 spiro atoms. The van der Waals surface area contributed by atoms with Crippen molar-refractivity contribution in [2.75, 3.05) is 4.90 Å². The lowest BCUT2D eigenvalue weighted by molar-refractivity contribution is -0.122. The summed E-state index contributed by atoms with van der Waals surface area (Å²) >= 11 is 2.26. The van der Waals surface area contributed by atoms with Crippen LogP contribution in [0.15, 0.2) is 60.2 Å². The molecule has 0 radical (unpaired) electrons. The molecule has 0 bridgehead atoms. The standard InChI is InChI=1S/C24H20IN3O3/c1-14-7-4-5-10-21(14)28-23(30)20(22(29)26-24(28)31)12-17-11-15(2)27(16(17)3)19-9-6-8-18(25)13-19/h4-13H,1-3H3,(H,26,29,31)/b20-12+. The van der Waals surface area contributed by atoms with Crippen molar-refractivity contribution < 1.29 is 14.4 Å². The number of nitrogens with zero attached hydrogens (tertiary/aromatic N) is 2. The number of halogens is 1. The van der Waals surface area contributed by atoms with Crippen molar-refractivity contribution >= 4 is 52.2 Å². The van der Waals surface area contributed by atoms with E-state index in [-0.39, 0.29) is 5.57 Å². The summed E-state index contributed by atoms with van der Waals surface area (Å²) in [5, 5.41) is 2.29. The lowest BCUT2D eigenvalue weighted by atomic mass is 10.1. The van der Waals surface area contributed by atoms with Crippen molar-refractivity contribution in [1.29, 1.82) is 0 Å². The number of amides is 4. The Kier molecular flexibility index (Phi) is 5.53. The number of carbonyl (C=O) groups excluding carboxylic acids is 3. The van der Waals surface area contributed by atoms with E-state index in [4.69, 9.17) is 0 Å². The maximum absolute atomic E-state index is 13.2. The first-order chi connectivity index (χ1) is 14.8. The van der Waals surface area contributed by atoms with Crippen LogP contribution in [0.2, 0.25) is 0 Å². The highest BCUT2D eigenvalue weighted by atomic mass is 127. The largest absolute Gasteiger partial charge is 0.335 e. The van der Waals surface area contributed by atoms with Gasteiger partial charge < -0.3 is 4.57 Å². The molecular weight excluding hydrogens is 505 g/mol. The van der Waals surface area contributed by atoms with E-state index in [9.17, 15) is 14.4 Å². The van der Waals surface area contributed by atoms with Gasteiger partial charge in [-0.15, -0.1) is 0 Å². The summed E-state index contributed by atoms with van der Waals surface area (Å²) in [6.45, 7) is 5.72. The lowest BCUT2D eigenvalue weighted by Crippen LogP contribution is -2.54. The van der Waals surface area contributed by atoms with Crippen LogP contribution in [0.4, 0.5) is 10.5 Å². The summed E-state index contributed by atoms with van der Waals surface area (Å²) in [6, 6.07) is 16.3. The number of barbiturate groups is 1. The van der Waals surface area contributed by atoms with Crippen LogP contribution in [0.5, 0.6) is 0 Å². The average Bonchev–Trinajstić information content (AvgIpc) is 2.99. The van der Waals surface area contributed by atoms with Gasteiger partial charge in [0, 0.05) is 20.6 Å². The van der Waals surface area contributed by atoms with Crippen LogP contribution in [0.3, 0.4) is 0 Å². The third-order valence-electron chi connectivity index (χ3n) is 5.29. The van der Waals surface area contributed by atoms with Gasteiger partial charge in [-0.3, -0.25) is 14.9 Å². The average molecular weight is 525 g/mol. The Morgan fingerprint density at radius 1 is 0.935 bits per heavy atom. The number of hydrogen-bond donors (Lipinski definition) is 1. The second kappa shape index (κ2) is 8.14. The van der Waals surface area contributed by atoms with Gasteiger partial charge in [-0.1, -0.05) is 24.3 Å². The Balaban J connectivity index is 1.79. The Hall–Kier alpha value is -3.20. The van der Waals surface area contributed by atoms with Crippen LogP contribution in [0.1, 0.15) is 22.5 Å². The maximum Gasteiger partial charge on any atom is 0.335 e. The van der Waals surface area contributed by atoms with Crippen LogP contribution < -0.4 is 10.2 Å². The molecule has 2 aromatic carbocycles. The van der Waals surface area contributed by atoms with E-state index in [2.05, 4.69) is 38.5 Å². The molecule has 1 aromatic heterocycles. The molecule has 31 heavy (non-hydrogen) atoms. The molecule has 4 rings (SSSR count). The Bertz CT molecular complexity index is 1270. The molecule has 0 saturated carbocycles. The van der Waals surface area contributed by atoms with E-state index in [1.165, 1.54) is 0 Å². The van der Waals surface area contributed by atoms with E-state index in [1.807, 2.05) is 57.2 Å². The molecule has 4 amide bonds. The first kappa shape index (κ1) is 21.0. The molecule has 1 aliphatic rings. The predicted molar refractivity (Wildman–Crippen MR) is 128 cm³/mol. The Labute approximate surface area is 193 Å². The van der Waals surface area contributed by atoms with Gasteiger partial charge in [0.25, 0.3) is 11.8 Å². The molecule has 1 N–H and O–H groups in total. The number of hydrogen-bond acceptors (Lipinski definition) is 3. The molecule has 3 aromatic rings. The molecular formula is C24H20IN3O3. The van der Waals surface area contributed by atoms with Gasteiger partial charge in [0.2, 0.25) is 0 Å². The first-order valence-electron chi connectivity index (χ1n) is 9.70. The lowest BCUT2D eigenvalue weighted by Gasteiger charge is -2.27. The topological polar surface area (TPSA) is 71.4 Å². The molecule has 0 unspecified atom stereocenters. The van der Waals surface area contributed by atoms with Crippen LogP contribution >= 0.6 is 22.6 Å². The zero-order valence-corrected chi connectivity index (χ0v) is 19.4. The second-order valence-corrected chi connectivity index (χ2v) is 8.63. The van der Waals surface area contributed by atoms with Crippen molar-refractivity contribution in [3.8, 4) is 5.69 Å². The van der Waals surface area contributed by atoms with E-state index in [0.717, 1.165) is 36.7 Å². The maximum atomic E-state index is 13.2. The van der Waals surface area contributed by atoms with Gasteiger partial charge in [0.1, 0.15) is 5.57 Å². The van der Waals surface area contributed by atoms with Gasteiger partial charge in [-0.25, -0.2) is 9.69 Å². The van der Waals surface area contributed by atoms with Gasteiger partial charge in [0.15, 0.2) is 0 Å². The van der Waals surface area contributed by atoms with E-state index in [1.54, 1.807) is 18.2 Å². The number of imide groups is 2. The molecule has 6 nitrogen and oxygen atoms in total. The van der Waals surface area contributed by atoms with E-state index >= 15 is 0 Å². The number of aromatic nitrogens is 1. The van der Waals surface area contributed by atoms with Gasteiger partial charge in [-0.05, 0) is 90.9 Å². The Morgan fingerprint density at radius 2 is 1.68 bits per heavy atom. The highest BCUT2D eigenvalue weighted by molar-refractivity contribution is 14.1. The molecule has 0 atom stereocenters. The number of aryl methyl sites for hydroxylation is 2. The summed E-state index contributed by atoms with van der Waals surface area (Å²) in [7, 11) is 0. The van der Waals surface area contributed by atoms with Crippen molar-refractivity contribution in [1.82, 2.24) is 9.88 Å². The second-order valence-electron chi connectivity index (χ2n) is 7.39. The highest BCUT2D eigenvalue weighted by Gasteiger charge is 2.37. The first-order valence-corrected chi connectivity index (χ1v) is 10.8. The fourth-order valence-electron chi connectivity index (χ4n) is 3.79. The smallest absolute Gasteiger partial charge is 0.318 e. The van der Waals surface area contributed by atoms with Crippen LogP contribution in [-0.4, -0.2) is 22.4 Å². The highest BCUT2D eigenvalue weighted by Crippen LogP contribution is 2.27. The van der Waals surface area contributed by atoms with Crippen molar-refractivity contribution in [3.63, 3.8) is 0 Å². The number of anilines is 1. The zero-order valence-electron chi connectivity index (χ0n) is 17.3. The minimum absolute atomic E-state index is 0.0780. The van der Waals surface area contributed by atoms with Crippen molar-refractivity contribution in [3.05, 3.63) is 86.3 Å². The summed E-state index contributed by atoms with van der Waals surface area (Å²) in [5.41, 5.74) is 4.75. The minimum atomic E-state index is -0.745. The molecule has 1 aliphatic heterocycles. The van der Waals surface area contributed by atoms with E-state index in [0.29, 0.717) is 5.69 Å². The van der Waals surface area contributed by atoms with Crippen LogP contribution in [-0.2, 0) is 9.59 Å². The van der Waals surface area contributed by atoms with Gasteiger partial charge in [0.05, 0.1) is 5.69 Å². The van der Waals surface area contributed by atoms with E-state index < -0.39 is 17.8 Å². The number of rotatable bonds is 3. The van der Waals surface area contributed by atoms with Gasteiger partial charge in [-0.2, -0.15) is 0 Å². The molecule has 1 fully saturated rings. The monoisotopic (exact) mass is 525 g/mol. The molecule has 0 aliphatic carbocycles. The number of carbonyl (C=O) groups is 3. The molecule has 1 saturated heterocycles. The third-order valence-corrected chi connectivity index (χ3v) is 5.97. The number of para-hydroxylation sites is 1. The zero-order chi connectivity index (χ0) is 22.3. The Morgan fingerprint density at radius 3 is 2.39 bits per heavy atom.